The predicted molar refractivity (Wildman–Crippen MR) is 234 cm³/mol. The number of nitrogens with zero attached hydrogens (tertiary/aromatic N) is 1. The Labute approximate surface area is 328 Å². The molecule has 0 atom stereocenters. The maximum absolute atomic E-state index is 6.44. The van der Waals surface area contributed by atoms with Crippen LogP contribution in [0.2, 0.25) is 0 Å². The van der Waals surface area contributed by atoms with Crippen LogP contribution < -0.4 is 4.90 Å². The number of anilines is 3. The fourth-order valence-corrected chi connectivity index (χ4v) is 10.1. The molecule has 0 radical (unpaired) electrons. The number of furan rings is 1. The lowest BCUT2D eigenvalue weighted by Gasteiger charge is -2.32. The molecule has 2 nitrogen and oxygen atoms in total. The smallest absolute Gasteiger partial charge is 0.136 e. The van der Waals surface area contributed by atoms with E-state index >= 15 is 0 Å². The van der Waals surface area contributed by atoms with Gasteiger partial charge < -0.3 is 9.32 Å². The Balaban J connectivity index is 1.20. The van der Waals surface area contributed by atoms with Gasteiger partial charge in [-0.25, -0.2) is 0 Å². The highest BCUT2D eigenvalue weighted by Gasteiger charge is 2.39. The van der Waals surface area contributed by atoms with E-state index in [1.807, 2.05) is 6.07 Å². The first-order valence-corrected chi connectivity index (χ1v) is 19.7. The van der Waals surface area contributed by atoms with Gasteiger partial charge >= 0.3 is 0 Å². The monoisotopic (exact) mass is 719 g/mol. The molecule has 2 aliphatic carbocycles. The molecular formula is C54H41NO. The van der Waals surface area contributed by atoms with Crippen molar-refractivity contribution >= 4 is 39.0 Å². The van der Waals surface area contributed by atoms with Gasteiger partial charge in [-0.05, 0) is 92.0 Å². The molecule has 9 aromatic rings. The van der Waals surface area contributed by atoms with Crippen molar-refractivity contribution in [3.63, 3.8) is 0 Å². The summed E-state index contributed by atoms with van der Waals surface area (Å²) in [6.07, 6.45) is 0. The summed E-state index contributed by atoms with van der Waals surface area (Å²) in [6, 6.07) is 64.6. The van der Waals surface area contributed by atoms with Gasteiger partial charge in [0.1, 0.15) is 11.2 Å². The topological polar surface area (TPSA) is 16.4 Å². The van der Waals surface area contributed by atoms with Crippen molar-refractivity contribution in [3.05, 3.63) is 198 Å². The molecule has 2 aliphatic rings. The van der Waals surface area contributed by atoms with Crippen LogP contribution in [0.25, 0.3) is 66.4 Å². The Bertz CT molecular complexity index is 3050. The van der Waals surface area contributed by atoms with E-state index in [0.717, 1.165) is 50.1 Å². The maximum Gasteiger partial charge on any atom is 0.136 e. The minimum Gasteiger partial charge on any atom is -0.456 e. The van der Waals surface area contributed by atoms with Crippen molar-refractivity contribution in [3.8, 4) is 44.5 Å². The summed E-state index contributed by atoms with van der Waals surface area (Å²) in [5.74, 6) is 0. The standard InChI is InChI=1S/C54H41NO/c1-53(2)44-25-10-5-17-35(44)37-32-31-34(33-46(37)53)55(47-27-12-7-19-38(47)40-22-16-30-50-51(40)43-21-9-14-29-49(43)56-50)48-28-13-8-20-39(48)42-24-15-23-41-36-18-6-11-26-45(36)54(3,4)52(41)42/h5-33H,1-4H3. The molecule has 0 bridgehead atoms. The van der Waals surface area contributed by atoms with Crippen LogP contribution in [-0.4, -0.2) is 0 Å². The number of benzene rings is 8. The molecule has 8 aromatic carbocycles. The SMILES string of the molecule is CC1(C)c2ccccc2-c2ccc(N(c3ccccc3-c3cccc4c3C(C)(C)c3ccccc3-4)c3ccccc3-c3cccc4oc5ccccc5c34)cc21. The van der Waals surface area contributed by atoms with E-state index in [-0.39, 0.29) is 10.8 Å². The average Bonchev–Trinajstić information content (AvgIpc) is 3.81. The first-order valence-electron chi connectivity index (χ1n) is 19.7. The molecule has 0 saturated heterocycles. The van der Waals surface area contributed by atoms with Crippen molar-refractivity contribution < 1.29 is 4.42 Å². The van der Waals surface area contributed by atoms with Crippen LogP contribution in [0.1, 0.15) is 49.9 Å². The van der Waals surface area contributed by atoms with Crippen LogP contribution in [0, 0.1) is 0 Å². The summed E-state index contributed by atoms with van der Waals surface area (Å²) in [4.78, 5) is 2.51. The second-order valence-electron chi connectivity index (χ2n) is 16.4. The van der Waals surface area contributed by atoms with Gasteiger partial charge in [0.2, 0.25) is 0 Å². The van der Waals surface area contributed by atoms with E-state index in [1.54, 1.807) is 0 Å². The zero-order chi connectivity index (χ0) is 37.8. The molecule has 56 heavy (non-hydrogen) atoms. The highest BCUT2D eigenvalue weighted by molar-refractivity contribution is 6.14. The highest BCUT2D eigenvalue weighted by Crippen LogP contribution is 2.56. The largest absolute Gasteiger partial charge is 0.456 e. The third kappa shape index (κ3) is 4.56. The first-order chi connectivity index (χ1) is 27.3. The Morgan fingerprint density at radius 3 is 1.59 bits per heavy atom. The van der Waals surface area contributed by atoms with Crippen LogP contribution in [-0.2, 0) is 10.8 Å². The molecule has 0 saturated carbocycles. The van der Waals surface area contributed by atoms with Crippen molar-refractivity contribution in [2.24, 2.45) is 0 Å². The molecule has 0 unspecified atom stereocenters. The molecule has 11 rings (SSSR count). The van der Waals surface area contributed by atoms with E-state index < -0.39 is 0 Å². The molecule has 0 N–H and O–H groups in total. The predicted octanol–water partition coefficient (Wildman–Crippen LogP) is 15.0. The van der Waals surface area contributed by atoms with Gasteiger partial charge in [0, 0.05) is 38.4 Å². The van der Waals surface area contributed by atoms with Crippen molar-refractivity contribution in [1.82, 2.24) is 0 Å². The van der Waals surface area contributed by atoms with Gasteiger partial charge in [-0.3, -0.25) is 0 Å². The first kappa shape index (κ1) is 32.8. The Kier molecular flexibility index (Phi) is 6.98. The summed E-state index contributed by atoms with van der Waals surface area (Å²) in [5, 5.41) is 2.26. The third-order valence-electron chi connectivity index (χ3n) is 12.7. The van der Waals surface area contributed by atoms with Crippen LogP contribution in [0.15, 0.2) is 180 Å². The molecule has 0 spiro atoms. The van der Waals surface area contributed by atoms with E-state index in [0.29, 0.717) is 0 Å². The Morgan fingerprint density at radius 2 is 0.857 bits per heavy atom. The second-order valence-corrected chi connectivity index (χ2v) is 16.4. The van der Waals surface area contributed by atoms with Crippen LogP contribution in [0.4, 0.5) is 17.1 Å². The molecule has 0 aliphatic heterocycles. The third-order valence-corrected chi connectivity index (χ3v) is 12.7. The van der Waals surface area contributed by atoms with Gasteiger partial charge in [-0.2, -0.15) is 0 Å². The van der Waals surface area contributed by atoms with Crippen LogP contribution in [0.5, 0.6) is 0 Å². The normalized spacial score (nSPS) is 14.4. The van der Waals surface area contributed by atoms with Crippen molar-refractivity contribution in [2.45, 2.75) is 38.5 Å². The van der Waals surface area contributed by atoms with Gasteiger partial charge in [0.05, 0.1) is 11.4 Å². The van der Waals surface area contributed by atoms with Crippen LogP contribution in [0.3, 0.4) is 0 Å². The molecule has 1 aromatic heterocycles. The summed E-state index contributed by atoms with van der Waals surface area (Å²) < 4.78 is 6.44. The van der Waals surface area contributed by atoms with Crippen LogP contribution >= 0.6 is 0 Å². The fraction of sp³-hybridized carbons (Fsp3) is 0.111. The van der Waals surface area contributed by atoms with Gasteiger partial charge in [0.15, 0.2) is 0 Å². The number of fused-ring (bicyclic) bond motifs is 9. The number of hydrogen-bond acceptors (Lipinski definition) is 2. The Hall–Kier alpha value is -6.64. The Morgan fingerprint density at radius 1 is 0.375 bits per heavy atom. The number of hydrogen-bond donors (Lipinski definition) is 0. The quantitative estimate of drug-likeness (QED) is 0.176. The fourth-order valence-electron chi connectivity index (χ4n) is 10.1. The minimum absolute atomic E-state index is 0.149. The lowest BCUT2D eigenvalue weighted by atomic mass is 9.78. The van der Waals surface area contributed by atoms with Gasteiger partial charge in [0.25, 0.3) is 0 Å². The van der Waals surface area contributed by atoms with Crippen molar-refractivity contribution in [1.29, 1.82) is 0 Å². The summed E-state index contributed by atoms with van der Waals surface area (Å²) >= 11 is 0. The van der Waals surface area contributed by atoms with E-state index in [2.05, 4.69) is 202 Å². The zero-order valence-electron chi connectivity index (χ0n) is 32.1. The van der Waals surface area contributed by atoms with Gasteiger partial charge in [-0.1, -0.05) is 167 Å². The molecule has 2 heteroatoms. The van der Waals surface area contributed by atoms with Gasteiger partial charge in [-0.15, -0.1) is 0 Å². The molecular weight excluding hydrogens is 679 g/mol. The second kappa shape index (κ2) is 11.9. The zero-order valence-corrected chi connectivity index (χ0v) is 32.1. The molecule has 0 fully saturated rings. The number of rotatable bonds is 5. The molecule has 268 valence electrons. The lowest BCUT2D eigenvalue weighted by Crippen LogP contribution is -2.18. The van der Waals surface area contributed by atoms with Crippen molar-refractivity contribution in [2.75, 3.05) is 4.90 Å². The van der Waals surface area contributed by atoms with E-state index in [9.17, 15) is 0 Å². The lowest BCUT2D eigenvalue weighted by molar-refractivity contribution is 0.660. The molecule has 0 amide bonds. The molecule has 1 heterocycles. The summed E-state index contributed by atoms with van der Waals surface area (Å²) in [5.41, 5.74) is 20.4. The van der Waals surface area contributed by atoms with E-state index in [4.69, 9.17) is 4.42 Å². The minimum atomic E-state index is -0.167. The summed E-state index contributed by atoms with van der Waals surface area (Å²) in [7, 11) is 0. The average molecular weight is 720 g/mol. The van der Waals surface area contributed by atoms with E-state index in [1.165, 1.54) is 55.6 Å². The number of para-hydroxylation sites is 3. The highest BCUT2D eigenvalue weighted by atomic mass is 16.3. The summed E-state index contributed by atoms with van der Waals surface area (Å²) in [6.45, 7) is 9.50. The maximum atomic E-state index is 6.44.